The summed E-state index contributed by atoms with van der Waals surface area (Å²) < 4.78 is 49.3. The van der Waals surface area contributed by atoms with E-state index < -0.39 is 15.7 Å². The third kappa shape index (κ3) is 6.49. The van der Waals surface area contributed by atoms with Gasteiger partial charge in [-0.05, 0) is 50.9 Å². The van der Waals surface area contributed by atoms with E-state index in [0.717, 1.165) is 51.1 Å². The Morgan fingerprint density at radius 2 is 1.94 bits per heavy atom. The maximum absolute atomic E-state index is 14.4. The second kappa shape index (κ2) is 11.2. The Balaban J connectivity index is 1.61. The van der Waals surface area contributed by atoms with Crippen molar-refractivity contribution < 1.29 is 27.1 Å². The van der Waals surface area contributed by atoms with Crippen molar-refractivity contribution in [1.29, 1.82) is 0 Å². The molecule has 1 aromatic carbocycles. The second-order valence-electron chi connectivity index (χ2n) is 8.62. The zero-order valence-electron chi connectivity index (χ0n) is 19.8. The van der Waals surface area contributed by atoms with E-state index in [1.165, 1.54) is 18.5 Å². The van der Waals surface area contributed by atoms with Crippen molar-refractivity contribution in [1.82, 2.24) is 20.2 Å². The van der Waals surface area contributed by atoms with Crippen LogP contribution in [0.3, 0.4) is 0 Å². The highest BCUT2D eigenvalue weighted by atomic mass is 32.2. The molecular formula is C23H31FN4O5S. The monoisotopic (exact) mass is 494 g/mol. The molecule has 1 aliphatic heterocycles. The summed E-state index contributed by atoms with van der Waals surface area (Å²) in [5, 5.41) is 3.03. The van der Waals surface area contributed by atoms with Crippen molar-refractivity contribution in [2.75, 3.05) is 32.9 Å². The van der Waals surface area contributed by atoms with E-state index in [-0.39, 0.29) is 34.6 Å². The van der Waals surface area contributed by atoms with Crippen LogP contribution in [-0.2, 0) is 14.6 Å². The number of hydrogen-bond donors (Lipinski definition) is 1. The average molecular weight is 495 g/mol. The molecule has 1 aliphatic rings. The zero-order valence-corrected chi connectivity index (χ0v) is 20.6. The standard InChI is InChI=1S/C23H31FN4O5S/c1-15(20(13-29)25-3)12-28-9-7-17(8-10-28)32-22-16(2)23(27-14-26-22)33-21-6-5-18(11-19(21)24)34(4,30)31/h5-6,11,13-15,17,20,25H,7-10,12H2,1-4H3. The summed E-state index contributed by atoms with van der Waals surface area (Å²) in [5.74, 6) is -0.246. The Morgan fingerprint density at radius 3 is 2.53 bits per heavy atom. The van der Waals surface area contributed by atoms with E-state index in [2.05, 4.69) is 27.1 Å². The lowest BCUT2D eigenvalue weighted by molar-refractivity contribution is -0.110. The molecule has 9 nitrogen and oxygen atoms in total. The van der Waals surface area contributed by atoms with E-state index >= 15 is 0 Å². The van der Waals surface area contributed by atoms with E-state index in [1.54, 1.807) is 14.0 Å². The van der Waals surface area contributed by atoms with Gasteiger partial charge < -0.3 is 24.5 Å². The molecule has 3 rings (SSSR count). The summed E-state index contributed by atoms with van der Waals surface area (Å²) in [6, 6.07) is 3.29. The fourth-order valence-electron chi connectivity index (χ4n) is 3.91. The van der Waals surface area contributed by atoms with Crippen LogP contribution in [0.1, 0.15) is 25.3 Å². The first-order chi connectivity index (χ1) is 16.1. The van der Waals surface area contributed by atoms with E-state index in [4.69, 9.17) is 9.47 Å². The van der Waals surface area contributed by atoms with Crippen LogP contribution in [0.15, 0.2) is 29.4 Å². The van der Waals surface area contributed by atoms with Crippen LogP contribution in [0.4, 0.5) is 4.39 Å². The predicted molar refractivity (Wildman–Crippen MR) is 125 cm³/mol. The molecule has 2 aromatic rings. The van der Waals surface area contributed by atoms with Gasteiger partial charge in [0.05, 0.1) is 16.5 Å². The number of halogens is 1. The minimum Gasteiger partial charge on any atom is -0.474 e. The fourth-order valence-corrected chi connectivity index (χ4v) is 4.55. The highest BCUT2D eigenvalue weighted by Crippen LogP contribution is 2.31. The number of nitrogens with one attached hydrogen (secondary N) is 1. The van der Waals surface area contributed by atoms with Crippen molar-refractivity contribution in [3.8, 4) is 17.5 Å². The van der Waals surface area contributed by atoms with Gasteiger partial charge in [0.15, 0.2) is 21.4 Å². The van der Waals surface area contributed by atoms with E-state index in [0.29, 0.717) is 11.4 Å². The first-order valence-corrected chi connectivity index (χ1v) is 13.0. The van der Waals surface area contributed by atoms with Gasteiger partial charge in [-0.2, -0.15) is 0 Å². The SMILES string of the molecule is CNC(C=O)C(C)CN1CCC(Oc2ncnc(Oc3ccc(S(C)(=O)=O)cc3F)c2C)CC1. The summed E-state index contributed by atoms with van der Waals surface area (Å²) in [6.45, 7) is 6.29. The first kappa shape index (κ1) is 26.0. The summed E-state index contributed by atoms with van der Waals surface area (Å²) in [6.07, 6.45) is 4.82. The molecule has 2 unspecified atom stereocenters. The molecule has 2 heterocycles. The Kier molecular flexibility index (Phi) is 8.56. The molecule has 0 aliphatic carbocycles. The summed E-state index contributed by atoms with van der Waals surface area (Å²) in [5.41, 5.74) is 0.521. The lowest BCUT2D eigenvalue weighted by atomic mass is 10.0. The van der Waals surface area contributed by atoms with Crippen LogP contribution in [0, 0.1) is 18.7 Å². The van der Waals surface area contributed by atoms with Crippen molar-refractivity contribution in [2.45, 2.75) is 43.7 Å². The molecule has 0 spiro atoms. The number of ether oxygens (including phenoxy) is 2. The van der Waals surface area contributed by atoms with Gasteiger partial charge in [-0.25, -0.2) is 22.8 Å². The molecule has 1 N–H and O–H groups in total. The molecule has 0 amide bonds. The summed E-state index contributed by atoms with van der Waals surface area (Å²) >= 11 is 0. The lowest BCUT2D eigenvalue weighted by Gasteiger charge is -2.34. The van der Waals surface area contributed by atoms with Crippen LogP contribution >= 0.6 is 0 Å². The molecule has 186 valence electrons. The number of benzene rings is 1. The Labute approximate surface area is 199 Å². The van der Waals surface area contributed by atoms with E-state index in [1.807, 2.05) is 0 Å². The van der Waals surface area contributed by atoms with Crippen molar-refractivity contribution in [2.24, 2.45) is 5.92 Å². The van der Waals surface area contributed by atoms with Crippen molar-refractivity contribution in [3.63, 3.8) is 0 Å². The van der Waals surface area contributed by atoms with Gasteiger partial charge in [-0.1, -0.05) is 6.92 Å². The Hall–Kier alpha value is -2.63. The second-order valence-corrected chi connectivity index (χ2v) is 10.6. The van der Waals surface area contributed by atoms with Gasteiger partial charge in [-0.15, -0.1) is 0 Å². The molecule has 0 radical (unpaired) electrons. The molecule has 0 saturated carbocycles. The van der Waals surface area contributed by atoms with Gasteiger partial charge >= 0.3 is 0 Å². The smallest absolute Gasteiger partial charge is 0.229 e. The van der Waals surface area contributed by atoms with E-state index in [9.17, 15) is 17.6 Å². The number of piperidine rings is 1. The number of aldehydes is 1. The fraction of sp³-hybridized carbons (Fsp3) is 0.522. The number of aromatic nitrogens is 2. The summed E-state index contributed by atoms with van der Waals surface area (Å²) in [4.78, 5) is 21.6. The topological polar surface area (TPSA) is 111 Å². The third-order valence-corrected chi connectivity index (χ3v) is 7.09. The molecule has 34 heavy (non-hydrogen) atoms. The van der Waals surface area contributed by atoms with Gasteiger partial charge in [0.25, 0.3) is 0 Å². The van der Waals surface area contributed by atoms with Crippen molar-refractivity contribution in [3.05, 3.63) is 35.9 Å². The number of nitrogens with zero attached hydrogens (tertiary/aromatic N) is 3. The Bertz CT molecular complexity index is 1110. The zero-order chi connectivity index (χ0) is 24.9. The predicted octanol–water partition coefficient (Wildman–Crippen LogP) is 2.39. The highest BCUT2D eigenvalue weighted by Gasteiger charge is 2.25. The van der Waals surface area contributed by atoms with Crippen LogP contribution in [0.5, 0.6) is 17.5 Å². The molecule has 0 bridgehead atoms. The van der Waals surface area contributed by atoms with Crippen LogP contribution < -0.4 is 14.8 Å². The minimum atomic E-state index is -3.53. The third-order valence-electron chi connectivity index (χ3n) is 5.98. The van der Waals surface area contributed by atoms with Crippen LogP contribution in [0.25, 0.3) is 0 Å². The van der Waals surface area contributed by atoms with Gasteiger partial charge in [0, 0.05) is 25.9 Å². The minimum absolute atomic E-state index is 0.0371. The normalized spacial score (nSPS) is 17.2. The average Bonchev–Trinajstić information content (AvgIpc) is 2.79. The molecular weight excluding hydrogens is 463 g/mol. The Morgan fingerprint density at radius 1 is 1.26 bits per heavy atom. The molecule has 2 atom stereocenters. The highest BCUT2D eigenvalue weighted by molar-refractivity contribution is 7.90. The first-order valence-electron chi connectivity index (χ1n) is 11.1. The molecule has 11 heteroatoms. The number of carbonyl (C=O) groups excluding carboxylic acids is 1. The van der Waals surface area contributed by atoms with Gasteiger partial charge in [-0.3, -0.25) is 0 Å². The summed E-state index contributed by atoms with van der Waals surface area (Å²) in [7, 11) is -1.74. The van der Waals surface area contributed by atoms with Crippen LogP contribution in [0.2, 0.25) is 0 Å². The quantitative estimate of drug-likeness (QED) is 0.498. The van der Waals surface area contributed by atoms with Gasteiger partial charge in [0.1, 0.15) is 18.7 Å². The lowest BCUT2D eigenvalue weighted by Crippen LogP contribution is -2.45. The number of rotatable bonds is 10. The molecule has 1 aromatic heterocycles. The maximum atomic E-state index is 14.4. The number of sulfone groups is 1. The van der Waals surface area contributed by atoms with Crippen molar-refractivity contribution >= 4 is 16.1 Å². The largest absolute Gasteiger partial charge is 0.474 e. The molecule has 1 fully saturated rings. The number of likely N-dealkylation sites (tertiary alicyclic amines) is 1. The van der Waals surface area contributed by atoms with Crippen LogP contribution in [-0.4, -0.2) is 74.7 Å². The number of carbonyl (C=O) groups is 1. The number of likely N-dealkylation sites (N-methyl/N-ethyl adjacent to an activating group) is 1. The molecule has 1 saturated heterocycles. The maximum Gasteiger partial charge on any atom is 0.229 e. The number of hydrogen-bond acceptors (Lipinski definition) is 9. The van der Waals surface area contributed by atoms with Gasteiger partial charge in [0.2, 0.25) is 11.8 Å².